The molecule has 4 aliphatic carbocycles. The Labute approximate surface area is 230 Å². The SMILES string of the molecule is C[C@H](C[C@H](O)[C@@H](N)CN1CC(=O)N(c2ccccc2Cl)CC1(C)C)C(=O)NC1[C@@H]2CC3C[C@H]1CC(O)(C3)C2. The maximum atomic E-state index is 13.1. The zero-order valence-electron chi connectivity index (χ0n) is 22.8. The van der Waals surface area contributed by atoms with Gasteiger partial charge in [-0.05, 0) is 82.3 Å². The third-order valence-corrected chi connectivity index (χ3v) is 10.0. The number of hydrogen-bond acceptors (Lipinski definition) is 6. The highest BCUT2D eigenvalue weighted by atomic mass is 35.5. The van der Waals surface area contributed by atoms with Crippen molar-refractivity contribution in [3.8, 4) is 0 Å². The quantitative estimate of drug-likeness (QED) is 0.398. The van der Waals surface area contributed by atoms with E-state index >= 15 is 0 Å². The number of hydrogen-bond donors (Lipinski definition) is 4. The molecule has 9 heteroatoms. The number of para-hydroxylation sites is 1. The van der Waals surface area contributed by atoms with Crippen molar-refractivity contribution in [2.24, 2.45) is 29.4 Å². The number of carbonyl (C=O) groups is 2. The van der Waals surface area contributed by atoms with Crippen molar-refractivity contribution >= 4 is 29.1 Å². The van der Waals surface area contributed by atoms with Crippen LogP contribution in [0.15, 0.2) is 24.3 Å². The van der Waals surface area contributed by atoms with Gasteiger partial charge in [0.05, 0.1) is 29.0 Å². The van der Waals surface area contributed by atoms with E-state index < -0.39 is 17.7 Å². The monoisotopic (exact) mass is 546 g/mol. The molecule has 1 aromatic carbocycles. The van der Waals surface area contributed by atoms with Gasteiger partial charge in [0.15, 0.2) is 0 Å². The zero-order chi connectivity index (χ0) is 27.4. The van der Waals surface area contributed by atoms with Gasteiger partial charge in [0.1, 0.15) is 0 Å². The first kappa shape index (κ1) is 27.8. The number of piperazine rings is 1. The van der Waals surface area contributed by atoms with E-state index in [1.54, 1.807) is 11.0 Å². The van der Waals surface area contributed by atoms with Crippen LogP contribution in [0.1, 0.15) is 59.3 Å². The summed E-state index contributed by atoms with van der Waals surface area (Å²) in [5.41, 5.74) is 6.22. The van der Waals surface area contributed by atoms with E-state index in [2.05, 4.69) is 19.2 Å². The molecule has 8 nitrogen and oxygen atoms in total. The van der Waals surface area contributed by atoms with Gasteiger partial charge >= 0.3 is 0 Å². The fourth-order valence-electron chi connectivity index (χ4n) is 7.78. The number of benzene rings is 1. The van der Waals surface area contributed by atoms with Crippen LogP contribution in [0.3, 0.4) is 0 Å². The third kappa shape index (κ3) is 5.48. The van der Waals surface area contributed by atoms with Gasteiger partial charge in [-0.3, -0.25) is 14.5 Å². The lowest BCUT2D eigenvalue weighted by atomic mass is 9.52. The summed E-state index contributed by atoms with van der Waals surface area (Å²) in [4.78, 5) is 29.9. The highest BCUT2D eigenvalue weighted by Gasteiger charge is 2.55. The smallest absolute Gasteiger partial charge is 0.241 e. The largest absolute Gasteiger partial charge is 0.391 e. The molecule has 6 rings (SSSR count). The fourth-order valence-corrected chi connectivity index (χ4v) is 8.02. The van der Waals surface area contributed by atoms with Crippen LogP contribution in [-0.4, -0.2) is 75.9 Å². The summed E-state index contributed by atoms with van der Waals surface area (Å²) in [6, 6.07) is 6.85. The Hall–Kier alpha value is -1.71. The maximum absolute atomic E-state index is 13.1. The number of nitrogens with two attached hydrogens (primary N) is 1. The first-order valence-electron chi connectivity index (χ1n) is 14.1. The number of rotatable bonds is 8. The summed E-state index contributed by atoms with van der Waals surface area (Å²) in [5.74, 6) is 0.780. The van der Waals surface area contributed by atoms with Gasteiger partial charge in [-0.1, -0.05) is 30.7 Å². The fraction of sp³-hybridized carbons (Fsp3) is 0.724. The van der Waals surface area contributed by atoms with E-state index in [0.29, 0.717) is 41.6 Å². The molecule has 38 heavy (non-hydrogen) atoms. The van der Waals surface area contributed by atoms with Crippen molar-refractivity contribution in [3.63, 3.8) is 0 Å². The second kappa shape index (κ2) is 10.4. The highest BCUT2D eigenvalue weighted by Crippen LogP contribution is 2.55. The Balaban J connectivity index is 1.14. The van der Waals surface area contributed by atoms with Crippen LogP contribution < -0.4 is 16.0 Å². The standard InChI is InChI=1S/C29H43ClN4O4/c1-17(27(37)32-26-19-9-18-10-20(26)13-29(38,11-18)12-19)8-24(35)22(31)14-33-15-25(36)34(16-28(33,2)3)23-7-5-4-6-21(23)30/h4-7,17-20,22,24,26,35,38H,8-16,31H2,1-3H3,(H,32,37)/t17-,18?,19-,20+,22+,24+,26?,29?/m1/s1. The Morgan fingerprint density at radius 2 is 1.87 bits per heavy atom. The third-order valence-electron chi connectivity index (χ3n) is 9.69. The first-order valence-corrected chi connectivity index (χ1v) is 14.5. The minimum Gasteiger partial charge on any atom is -0.391 e. The predicted molar refractivity (Wildman–Crippen MR) is 148 cm³/mol. The van der Waals surface area contributed by atoms with E-state index in [1.807, 2.05) is 30.0 Å². The van der Waals surface area contributed by atoms with Crippen molar-refractivity contribution in [1.29, 1.82) is 0 Å². The normalized spacial score (nSPS) is 34.7. The molecule has 0 radical (unpaired) electrons. The number of nitrogens with one attached hydrogen (secondary N) is 1. The van der Waals surface area contributed by atoms with Crippen molar-refractivity contribution in [1.82, 2.24) is 10.2 Å². The number of anilines is 1. The lowest BCUT2D eigenvalue weighted by Gasteiger charge is -2.58. The van der Waals surface area contributed by atoms with Gasteiger partial charge < -0.3 is 26.2 Å². The van der Waals surface area contributed by atoms with Crippen molar-refractivity contribution in [3.05, 3.63) is 29.3 Å². The van der Waals surface area contributed by atoms with Crippen molar-refractivity contribution in [2.45, 2.75) is 88.6 Å². The molecular weight excluding hydrogens is 504 g/mol. The van der Waals surface area contributed by atoms with Gasteiger partial charge in [-0.25, -0.2) is 0 Å². The molecule has 4 bridgehead atoms. The number of aliphatic hydroxyl groups is 2. The molecule has 5 fully saturated rings. The summed E-state index contributed by atoms with van der Waals surface area (Å²) in [5, 5.41) is 25.6. The van der Waals surface area contributed by atoms with Gasteiger partial charge in [0, 0.05) is 36.6 Å². The molecule has 4 saturated carbocycles. The number of nitrogens with zero attached hydrogens (tertiary/aromatic N) is 2. The Bertz CT molecular complexity index is 1050. The van der Waals surface area contributed by atoms with Gasteiger partial charge in [0.2, 0.25) is 11.8 Å². The minimum atomic E-state index is -0.873. The molecule has 1 saturated heterocycles. The van der Waals surface area contributed by atoms with Crippen molar-refractivity contribution in [2.75, 3.05) is 24.5 Å². The number of aliphatic hydroxyl groups excluding tert-OH is 1. The first-order chi connectivity index (χ1) is 17.8. The van der Waals surface area contributed by atoms with Crippen LogP contribution in [0.5, 0.6) is 0 Å². The van der Waals surface area contributed by atoms with Crippen LogP contribution in [0.4, 0.5) is 5.69 Å². The van der Waals surface area contributed by atoms with E-state index in [9.17, 15) is 19.8 Å². The topological polar surface area (TPSA) is 119 Å². The summed E-state index contributed by atoms with van der Waals surface area (Å²) in [6.45, 7) is 6.92. The molecule has 2 amide bonds. The summed E-state index contributed by atoms with van der Waals surface area (Å²) in [6.07, 6.45) is 4.04. The molecule has 1 aromatic rings. The Morgan fingerprint density at radius 1 is 1.21 bits per heavy atom. The second-order valence-corrected chi connectivity index (χ2v) is 13.6. The van der Waals surface area contributed by atoms with Crippen LogP contribution in [0.2, 0.25) is 5.02 Å². The van der Waals surface area contributed by atoms with Crippen LogP contribution >= 0.6 is 11.6 Å². The summed E-state index contributed by atoms with van der Waals surface area (Å²) < 4.78 is 0. The highest BCUT2D eigenvalue weighted by molar-refractivity contribution is 6.33. The zero-order valence-corrected chi connectivity index (χ0v) is 23.5. The molecule has 5 N–H and O–H groups in total. The summed E-state index contributed by atoms with van der Waals surface area (Å²) in [7, 11) is 0. The van der Waals surface area contributed by atoms with Crippen LogP contribution in [-0.2, 0) is 9.59 Å². The van der Waals surface area contributed by atoms with Crippen LogP contribution in [0, 0.1) is 23.7 Å². The molecule has 1 aliphatic heterocycles. The number of halogens is 1. The van der Waals surface area contributed by atoms with Gasteiger partial charge in [-0.15, -0.1) is 0 Å². The van der Waals surface area contributed by atoms with Gasteiger partial charge in [-0.2, -0.15) is 0 Å². The average molecular weight is 547 g/mol. The van der Waals surface area contributed by atoms with E-state index in [-0.39, 0.29) is 42.3 Å². The predicted octanol–water partition coefficient (Wildman–Crippen LogP) is 2.54. The maximum Gasteiger partial charge on any atom is 0.241 e. The summed E-state index contributed by atoms with van der Waals surface area (Å²) >= 11 is 6.35. The van der Waals surface area contributed by atoms with Crippen molar-refractivity contribution < 1.29 is 19.8 Å². The van der Waals surface area contributed by atoms with Gasteiger partial charge in [0.25, 0.3) is 0 Å². The number of amides is 2. The molecule has 0 aromatic heterocycles. The molecule has 5 aliphatic rings. The molecule has 1 heterocycles. The Kier molecular flexibility index (Phi) is 7.59. The molecule has 0 spiro atoms. The molecule has 210 valence electrons. The lowest BCUT2D eigenvalue weighted by molar-refractivity contribution is -0.148. The molecule has 3 unspecified atom stereocenters. The van der Waals surface area contributed by atoms with Crippen LogP contribution in [0.25, 0.3) is 0 Å². The lowest BCUT2D eigenvalue weighted by Crippen LogP contribution is -2.64. The van der Waals surface area contributed by atoms with E-state index in [1.165, 1.54) is 0 Å². The molecule has 8 atom stereocenters. The number of carbonyl (C=O) groups excluding carboxylic acids is 2. The van der Waals surface area contributed by atoms with E-state index in [4.69, 9.17) is 17.3 Å². The average Bonchev–Trinajstić information content (AvgIpc) is 2.82. The second-order valence-electron chi connectivity index (χ2n) is 13.2. The van der Waals surface area contributed by atoms with E-state index in [0.717, 1.165) is 32.1 Å². The minimum absolute atomic E-state index is 0.0513. The Morgan fingerprint density at radius 3 is 2.50 bits per heavy atom. The molecular formula is C29H43ClN4O4.